The van der Waals surface area contributed by atoms with Gasteiger partial charge in [0.2, 0.25) is 0 Å². The lowest BCUT2D eigenvalue weighted by Crippen LogP contribution is -2.11. The fourth-order valence-corrected chi connectivity index (χ4v) is 3.21. The Morgan fingerprint density at radius 2 is 1.72 bits per heavy atom. The molecule has 3 rings (SSSR count). The highest BCUT2D eigenvalue weighted by Crippen LogP contribution is 2.37. The summed E-state index contributed by atoms with van der Waals surface area (Å²) in [5.74, 6) is -0.265. The van der Waals surface area contributed by atoms with Crippen LogP contribution in [0.5, 0.6) is 5.75 Å². The summed E-state index contributed by atoms with van der Waals surface area (Å²) < 4.78 is 10.8. The number of ether oxygens (including phenoxy) is 2. The minimum atomic E-state index is -0.626. The summed E-state index contributed by atoms with van der Waals surface area (Å²) in [7, 11) is 0. The van der Waals surface area contributed by atoms with Crippen molar-refractivity contribution in [3.8, 4) is 5.75 Å². The molecule has 0 spiro atoms. The monoisotopic (exact) mass is 451 g/mol. The molecule has 2 aromatic carbocycles. The lowest BCUT2D eigenvalue weighted by Gasteiger charge is -2.14. The van der Waals surface area contributed by atoms with Gasteiger partial charge in [-0.1, -0.05) is 65.1 Å². The van der Waals surface area contributed by atoms with E-state index in [9.17, 15) is 4.79 Å². The molecule has 150 valence electrons. The van der Waals surface area contributed by atoms with Gasteiger partial charge in [0.15, 0.2) is 16.6 Å². The normalized spacial score (nSPS) is 10.5. The number of rotatable bonds is 7. The highest BCUT2D eigenvalue weighted by molar-refractivity contribution is 6.37. The summed E-state index contributed by atoms with van der Waals surface area (Å²) in [6, 6.07) is 14.3. The van der Waals surface area contributed by atoms with Gasteiger partial charge in [-0.05, 0) is 24.6 Å². The van der Waals surface area contributed by atoms with Crippen LogP contribution in [0.25, 0.3) is 0 Å². The maximum atomic E-state index is 12.1. The molecule has 9 heteroatoms. The molecule has 0 amide bonds. The van der Waals surface area contributed by atoms with Gasteiger partial charge in [-0.3, -0.25) is 0 Å². The van der Waals surface area contributed by atoms with Gasteiger partial charge in [0.1, 0.15) is 6.61 Å². The summed E-state index contributed by atoms with van der Waals surface area (Å²) in [6.07, 6.45) is 0. The summed E-state index contributed by atoms with van der Waals surface area (Å²) >= 11 is 18.6. The van der Waals surface area contributed by atoms with E-state index in [1.165, 1.54) is 6.07 Å². The Hall–Kier alpha value is -2.54. The van der Waals surface area contributed by atoms with Gasteiger partial charge in [0.05, 0.1) is 22.3 Å². The Bertz CT molecular complexity index is 993. The molecular formula is C20H16Cl3N3O3. The van der Waals surface area contributed by atoms with Gasteiger partial charge in [0.25, 0.3) is 0 Å². The molecule has 0 fully saturated rings. The van der Waals surface area contributed by atoms with Gasteiger partial charge < -0.3 is 14.8 Å². The molecule has 3 aromatic rings. The number of carbonyl (C=O) groups is 1. The number of halogens is 3. The fraction of sp³-hybridized carbons (Fsp3) is 0.150. The van der Waals surface area contributed by atoms with Crippen LogP contribution < -0.4 is 10.1 Å². The lowest BCUT2D eigenvalue weighted by molar-refractivity contribution is 0.0519. The van der Waals surface area contributed by atoms with Crippen molar-refractivity contribution in [1.82, 2.24) is 10.2 Å². The van der Waals surface area contributed by atoms with Crippen LogP contribution in [0.1, 0.15) is 23.0 Å². The number of carbonyl (C=O) groups excluding carboxylic acids is 1. The molecule has 1 aromatic heterocycles. The molecule has 0 bridgehead atoms. The van der Waals surface area contributed by atoms with Crippen LogP contribution in [0.3, 0.4) is 0 Å². The molecule has 1 N–H and O–H groups in total. The third kappa shape index (κ3) is 5.50. The summed E-state index contributed by atoms with van der Waals surface area (Å²) in [5.41, 5.74) is 1.81. The third-order valence-electron chi connectivity index (χ3n) is 3.74. The van der Waals surface area contributed by atoms with Crippen LogP contribution in [0.4, 0.5) is 11.4 Å². The molecular weight excluding hydrogens is 437 g/mol. The average Bonchev–Trinajstić information content (AvgIpc) is 2.68. The second-order valence-corrected chi connectivity index (χ2v) is 7.02. The number of hydrogen-bond acceptors (Lipinski definition) is 6. The first kappa shape index (κ1) is 21.2. The molecule has 0 unspecified atom stereocenters. The van der Waals surface area contributed by atoms with Gasteiger partial charge in [0, 0.05) is 11.8 Å². The van der Waals surface area contributed by atoms with E-state index in [4.69, 9.17) is 44.3 Å². The van der Waals surface area contributed by atoms with E-state index in [0.717, 1.165) is 5.56 Å². The Labute approximate surface area is 182 Å². The Kier molecular flexibility index (Phi) is 7.14. The van der Waals surface area contributed by atoms with Crippen LogP contribution in [0.15, 0.2) is 48.5 Å². The molecule has 0 saturated carbocycles. The zero-order chi connectivity index (χ0) is 20.8. The van der Waals surface area contributed by atoms with Crippen LogP contribution in [-0.2, 0) is 11.3 Å². The zero-order valence-corrected chi connectivity index (χ0v) is 17.6. The van der Waals surface area contributed by atoms with E-state index >= 15 is 0 Å². The molecule has 0 saturated heterocycles. The van der Waals surface area contributed by atoms with Gasteiger partial charge in [-0.25, -0.2) is 4.79 Å². The van der Waals surface area contributed by atoms with Crippen molar-refractivity contribution in [2.45, 2.75) is 13.5 Å². The largest absolute Gasteiger partial charge is 0.486 e. The van der Waals surface area contributed by atoms with E-state index in [-0.39, 0.29) is 17.5 Å². The predicted molar refractivity (Wildman–Crippen MR) is 114 cm³/mol. The van der Waals surface area contributed by atoms with E-state index in [1.807, 2.05) is 30.3 Å². The third-order valence-corrected chi connectivity index (χ3v) is 4.48. The smallest absolute Gasteiger partial charge is 0.361 e. The molecule has 1 heterocycles. The van der Waals surface area contributed by atoms with Crippen molar-refractivity contribution >= 4 is 52.1 Å². The molecule has 0 radical (unpaired) electrons. The highest BCUT2D eigenvalue weighted by Gasteiger charge is 2.18. The Morgan fingerprint density at radius 1 is 1.03 bits per heavy atom. The summed E-state index contributed by atoms with van der Waals surface area (Å²) in [4.78, 5) is 12.1. The van der Waals surface area contributed by atoms with Crippen LogP contribution >= 0.6 is 34.8 Å². The molecule has 0 aliphatic rings. The summed E-state index contributed by atoms with van der Waals surface area (Å²) in [6.45, 7) is 2.22. The number of aromatic nitrogens is 2. The number of nitrogens with one attached hydrogen (secondary N) is 1. The molecule has 0 aliphatic heterocycles. The number of nitrogens with zero attached hydrogens (tertiary/aromatic N) is 2. The van der Waals surface area contributed by atoms with E-state index in [0.29, 0.717) is 33.8 Å². The molecule has 6 nitrogen and oxygen atoms in total. The summed E-state index contributed by atoms with van der Waals surface area (Å²) in [5, 5.41) is 11.2. The average molecular weight is 453 g/mol. The van der Waals surface area contributed by atoms with Crippen LogP contribution in [0, 0.1) is 0 Å². The SMILES string of the molecule is CCOC(=O)c1nnc(Cl)cc1Nc1cc(Cl)c(OCc2ccccc2)c(Cl)c1. The minimum Gasteiger partial charge on any atom is -0.486 e. The zero-order valence-electron chi connectivity index (χ0n) is 15.3. The van der Waals surface area contributed by atoms with Gasteiger partial charge in [-0.2, -0.15) is 0 Å². The van der Waals surface area contributed by atoms with Gasteiger partial charge >= 0.3 is 5.97 Å². The predicted octanol–water partition coefficient (Wildman–Crippen LogP) is 5.94. The second-order valence-electron chi connectivity index (χ2n) is 5.82. The first-order valence-electron chi connectivity index (χ1n) is 8.61. The molecule has 0 aliphatic carbocycles. The van der Waals surface area contributed by atoms with Crippen molar-refractivity contribution in [3.63, 3.8) is 0 Å². The van der Waals surface area contributed by atoms with Crippen molar-refractivity contribution in [1.29, 1.82) is 0 Å². The number of esters is 1. The van der Waals surface area contributed by atoms with Crippen molar-refractivity contribution in [3.05, 3.63) is 75.0 Å². The molecule has 29 heavy (non-hydrogen) atoms. The van der Waals surface area contributed by atoms with Crippen LogP contribution in [0.2, 0.25) is 15.2 Å². The van der Waals surface area contributed by atoms with Crippen molar-refractivity contribution < 1.29 is 14.3 Å². The number of benzene rings is 2. The maximum absolute atomic E-state index is 12.1. The standard InChI is InChI=1S/C20H16Cl3N3O3/c1-2-28-20(27)18-16(10-17(23)25-26-18)24-13-8-14(21)19(15(22)9-13)29-11-12-6-4-3-5-7-12/h3-10H,2,11H2,1H3,(H,24,25). The molecule has 0 atom stereocenters. The number of anilines is 2. The van der Waals surface area contributed by atoms with E-state index in [2.05, 4.69) is 15.5 Å². The second kappa shape index (κ2) is 9.78. The topological polar surface area (TPSA) is 73.3 Å². The first-order chi connectivity index (χ1) is 14.0. The van der Waals surface area contributed by atoms with Gasteiger partial charge in [-0.15, -0.1) is 10.2 Å². The Balaban J connectivity index is 1.82. The quantitative estimate of drug-likeness (QED) is 0.447. The number of hydrogen-bond donors (Lipinski definition) is 1. The minimum absolute atomic E-state index is 0.00657. The highest BCUT2D eigenvalue weighted by atomic mass is 35.5. The maximum Gasteiger partial charge on any atom is 0.361 e. The van der Waals surface area contributed by atoms with E-state index < -0.39 is 5.97 Å². The Morgan fingerprint density at radius 3 is 2.38 bits per heavy atom. The van der Waals surface area contributed by atoms with Crippen LogP contribution in [-0.4, -0.2) is 22.8 Å². The first-order valence-corrected chi connectivity index (χ1v) is 9.74. The fourth-order valence-electron chi connectivity index (χ4n) is 2.47. The van der Waals surface area contributed by atoms with Crippen molar-refractivity contribution in [2.24, 2.45) is 0 Å². The van der Waals surface area contributed by atoms with E-state index in [1.54, 1.807) is 19.1 Å². The lowest BCUT2D eigenvalue weighted by atomic mass is 10.2. The van der Waals surface area contributed by atoms with Crippen molar-refractivity contribution in [2.75, 3.05) is 11.9 Å².